The molecule has 122 valence electrons. The molecule has 2 amide bonds. The lowest BCUT2D eigenvalue weighted by atomic mass is 9.99. The van der Waals surface area contributed by atoms with Crippen molar-refractivity contribution in [1.82, 2.24) is 10.2 Å². The van der Waals surface area contributed by atoms with Crippen molar-refractivity contribution < 1.29 is 19.1 Å². The number of aryl methyl sites for hydroxylation is 1. The van der Waals surface area contributed by atoms with Gasteiger partial charge in [-0.25, -0.2) is 4.79 Å². The molecule has 2 N–H and O–H groups in total. The summed E-state index contributed by atoms with van der Waals surface area (Å²) in [5.41, 5.74) is 1.82. The molecule has 1 aliphatic rings. The normalized spacial score (nSPS) is 18.1. The van der Waals surface area contributed by atoms with Crippen LogP contribution in [0.4, 0.5) is 4.79 Å². The summed E-state index contributed by atoms with van der Waals surface area (Å²) in [5, 5.41) is 13.0. The Balaban J connectivity index is 1.64. The molecule has 1 aromatic heterocycles. The van der Waals surface area contributed by atoms with Crippen molar-refractivity contribution in [1.29, 1.82) is 0 Å². The highest BCUT2D eigenvalue weighted by atomic mass is 16.4. The molecule has 2 aromatic rings. The number of furan rings is 1. The lowest BCUT2D eigenvalue weighted by Crippen LogP contribution is -2.46. The maximum Gasteiger partial charge on any atom is 0.317 e. The van der Waals surface area contributed by atoms with E-state index in [9.17, 15) is 9.59 Å². The number of rotatable bonds is 3. The summed E-state index contributed by atoms with van der Waals surface area (Å²) in [6.07, 6.45) is 1.34. The monoisotopic (exact) mass is 316 g/mol. The van der Waals surface area contributed by atoms with Crippen molar-refractivity contribution >= 4 is 23.0 Å². The molecule has 1 atom stereocenters. The summed E-state index contributed by atoms with van der Waals surface area (Å²) in [5.74, 6) is -0.579. The van der Waals surface area contributed by atoms with Gasteiger partial charge in [-0.2, -0.15) is 0 Å². The number of likely N-dealkylation sites (tertiary alicyclic amines) is 1. The lowest BCUT2D eigenvalue weighted by molar-refractivity contribution is -0.143. The fourth-order valence-corrected chi connectivity index (χ4v) is 3.02. The van der Waals surface area contributed by atoms with E-state index in [1.165, 1.54) is 0 Å². The minimum Gasteiger partial charge on any atom is -0.481 e. The Kier molecular flexibility index (Phi) is 4.23. The van der Waals surface area contributed by atoms with Crippen molar-refractivity contribution in [3.63, 3.8) is 0 Å². The number of carbonyl (C=O) groups excluding carboxylic acids is 1. The number of para-hydroxylation sites is 1. The SMILES string of the molecule is Cc1c(CNC(=O)N2CCCC(C(=O)O)C2)oc2ccccc12. The number of hydrogen-bond donors (Lipinski definition) is 2. The number of benzene rings is 1. The molecule has 1 aromatic carbocycles. The average Bonchev–Trinajstić information content (AvgIpc) is 2.89. The number of nitrogens with one attached hydrogen (secondary N) is 1. The Morgan fingerprint density at radius 1 is 1.39 bits per heavy atom. The van der Waals surface area contributed by atoms with Gasteiger partial charge in [0.15, 0.2) is 0 Å². The number of carboxylic acids is 1. The molecule has 1 aliphatic heterocycles. The van der Waals surface area contributed by atoms with Gasteiger partial charge >= 0.3 is 12.0 Å². The van der Waals surface area contributed by atoms with Crippen LogP contribution in [0.5, 0.6) is 0 Å². The van der Waals surface area contributed by atoms with E-state index in [0.29, 0.717) is 25.9 Å². The molecule has 6 heteroatoms. The van der Waals surface area contributed by atoms with Crippen LogP contribution < -0.4 is 5.32 Å². The number of carbonyl (C=O) groups is 2. The number of fused-ring (bicyclic) bond motifs is 1. The Morgan fingerprint density at radius 2 is 2.17 bits per heavy atom. The number of hydrogen-bond acceptors (Lipinski definition) is 3. The molecular formula is C17H20N2O4. The van der Waals surface area contributed by atoms with Gasteiger partial charge in [0.1, 0.15) is 11.3 Å². The second kappa shape index (κ2) is 6.32. The van der Waals surface area contributed by atoms with Gasteiger partial charge in [-0.05, 0) is 25.8 Å². The molecule has 6 nitrogen and oxygen atoms in total. The number of amides is 2. The first kappa shape index (κ1) is 15.4. The van der Waals surface area contributed by atoms with E-state index in [4.69, 9.17) is 9.52 Å². The molecule has 1 fully saturated rings. The number of carboxylic acid groups (broad SMARTS) is 1. The van der Waals surface area contributed by atoms with Crippen LogP contribution in [0.2, 0.25) is 0 Å². The van der Waals surface area contributed by atoms with Crippen LogP contribution in [-0.4, -0.2) is 35.1 Å². The second-order valence-corrected chi connectivity index (χ2v) is 5.93. The highest BCUT2D eigenvalue weighted by molar-refractivity contribution is 5.82. The fraction of sp³-hybridized carbons (Fsp3) is 0.412. The largest absolute Gasteiger partial charge is 0.481 e. The molecule has 0 spiro atoms. The second-order valence-electron chi connectivity index (χ2n) is 5.93. The molecule has 0 radical (unpaired) electrons. The molecule has 1 unspecified atom stereocenters. The average molecular weight is 316 g/mol. The minimum absolute atomic E-state index is 0.240. The van der Waals surface area contributed by atoms with Crippen molar-refractivity contribution in [2.24, 2.45) is 5.92 Å². The molecule has 0 bridgehead atoms. The summed E-state index contributed by atoms with van der Waals surface area (Å²) >= 11 is 0. The standard InChI is InChI=1S/C17H20N2O4/c1-11-13-6-2-3-7-14(13)23-15(11)9-18-17(22)19-8-4-5-12(10-19)16(20)21/h2-3,6-7,12H,4-5,8-10H2,1H3,(H,18,22)(H,20,21). The Morgan fingerprint density at radius 3 is 2.91 bits per heavy atom. The highest BCUT2D eigenvalue weighted by Crippen LogP contribution is 2.24. The number of nitrogens with zero attached hydrogens (tertiary/aromatic N) is 1. The third-order valence-corrected chi connectivity index (χ3v) is 4.40. The minimum atomic E-state index is -0.837. The van der Waals surface area contributed by atoms with Gasteiger partial charge in [-0.1, -0.05) is 18.2 Å². The van der Waals surface area contributed by atoms with E-state index < -0.39 is 11.9 Å². The summed E-state index contributed by atoms with van der Waals surface area (Å²) in [7, 11) is 0. The predicted molar refractivity (Wildman–Crippen MR) is 85.1 cm³/mol. The van der Waals surface area contributed by atoms with E-state index in [1.807, 2.05) is 31.2 Å². The Hall–Kier alpha value is -2.50. The lowest BCUT2D eigenvalue weighted by Gasteiger charge is -2.30. The first-order valence-corrected chi connectivity index (χ1v) is 7.79. The van der Waals surface area contributed by atoms with Crippen LogP contribution in [0.3, 0.4) is 0 Å². The van der Waals surface area contributed by atoms with Gasteiger partial charge < -0.3 is 19.7 Å². The first-order chi connectivity index (χ1) is 11.1. The topological polar surface area (TPSA) is 82.8 Å². The highest BCUT2D eigenvalue weighted by Gasteiger charge is 2.28. The van der Waals surface area contributed by atoms with E-state index in [-0.39, 0.29) is 12.6 Å². The molecule has 1 saturated heterocycles. The third kappa shape index (κ3) is 3.16. The molecule has 2 heterocycles. The molecular weight excluding hydrogens is 296 g/mol. The van der Waals surface area contributed by atoms with Crippen LogP contribution in [0.25, 0.3) is 11.0 Å². The van der Waals surface area contributed by atoms with Crippen LogP contribution in [-0.2, 0) is 11.3 Å². The fourth-order valence-electron chi connectivity index (χ4n) is 3.02. The maximum atomic E-state index is 12.2. The molecule has 0 saturated carbocycles. The van der Waals surface area contributed by atoms with Gasteiger partial charge in [0.25, 0.3) is 0 Å². The Labute approximate surface area is 134 Å². The smallest absolute Gasteiger partial charge is 0.317 e. The van der Waals surface area contributed by atoms with Crippen LogP contribution in [0.15, 0.2) is 28.7 Å². The van der Waals surface area contributed by atoms with Gasteiger partial charge in [0, 0.05) is 24.0 Å². The quantitative estimate of drug-likeness (QED) is 0.912. The maximum absolute atomic E-state index is 12.2. The van der Waals surface area contributed by atoms with Crippen molar-refractivity contribution in [2.75, 3.05) is 13.1 Å². The van der Waals surface area contributed by atoms with Crippen LogP contribution in [0, 0.1) is 12.8 Å². The zero-order chi connectivity index (χ0) is 16.4. The summed E-state index contributed by atoms with van der Waals surface area (Å²) < 4.78 is 5.77. The summed E-state index contributed by atoms with van der Waals surface area (Å²) in [6, 6.07) is 7.51. The van der Waals surface area contributed by atoms with Gasteiger partial charge in [-0.3, -0.25) is 4.79 Å². The van der Waals surface area contributed by atoms with Gasteiger partial charge in [0.05, 0.1) is 12.5 Å². The van der Waals surface area contributed by atoms with Crippen LogP contribution in [0.1, 0.15) is 24.2 Å². The molecule has 3 rings (SSSR count). The van der Waals surface area contributed by atoms with Crippen LogP contribution >= 0.6 is 0 Å². The zero-order valence-corrected chi connectivity index (χ0v) is 13.0. The number of piperidine rings is 1. The van der Waals surface area contributed by atoms with E-state index in [1.54, 1.807) is 4.90 Å². The first-order valence-electron chi connectivity index (χ1n) is 7.79. The van der Waals surface area contributed by atoms with E-state index >= 15 is 0 Å². The predicted octanol–water partition coefficient (Wildman–Crippen LogP) is 2.75. The van der Waals surface area contributed by atoms with Gasteiger partial charge in [0.2, 0.25) is 0 Å². The van der Waals surface area contributed by atoms with Crippen molar-refractivity contribution in [3.05, 3.63) is 35.6 Å². The molecule has 0 aliphatic carbocycles. The summed E-state index contributed by atoms with van der Waals surface area (Å²) in [4.78, 5) is 24.9. The van der Waals surface area contributed by atoms with Gasteiger partial charge in [-0.15, -0.1) is 0 Å². The van der Waals surface area contributed by atoms with E-state index in [2.05, 4.69) is 5.32 Å². The zero-order valence-electron chi connectivity index (χ0n) is 13.0. The van der Waals surface area contributed by atoms with Crippen molar-refractivity contribution in [3.8, 4) is 0 Å². The third-order valence-electron chi connectivity index (χ3n) is 4.40. The summed E-state index contributed by atoms with van der Waals surface area (Å²) in [6.45, 7) is 3.12. The Bertz CT molecular complexity index is 737. The number of urea groups is 1. The van der Waals surface area contributed by atoms with E-state index in [0.717, 1.165) is 22.3 Å². The number of aliphatic carboxylic acids is 1. The van der Waals surface area contributed by atoms with Crippen molar-refractivity contribution in [2.45, 2.75) is 26.3 Å². The molecule has 23 heavy (non-hydrogen) atoms.